The zero-order valence-corrected chi connectivity index (χ0v) is 7.88. The van der Waals surface area contributed by atoms with Crippen molar-refractivity contribution >= 4 is 6.29 Å². The van der Waals surface area contributed by atoms with Gasteiger partial charge in [-0.15, -0.1) is 0 Å². The van der Waals surface area contributed by atoms with Crippen LogP contribution in [0.4, 0.5) is 0 Å². The highest BCUT2D eigenvalue weighted by Gasteiger charge is 2.23. The van der Waals surface area contributed by atoms with E-state index in [0.717, 1.165) is 12.7 Å². The molecule has 12 heavy (non-hydrogen) atoms. The van der Waals surface area contributed by atoms with Crippen LogP contribution in [0.2, 0.25) is 0 Å². The van der Waals surface area contributed by atoms with Crippen LogP contribution in [0.3, 0.4) is 0 Å². The van der Waals surface area contributed by atoms with E-state index >= 15 is 0 Å². The van der Waals surface area contributed by atoms with Crippen LogP contribution in [0.15, 0.2) is 12.2 Å². The van der Waals surface area contributed by atoms with Gasteiger partial charge in [-0.05, 0) is 25.7 Å². The zero-order valence-electron chi connectivity index (χ0n) is 7.88. The van der Waals surface area contributed by atoms with E-state index in [-0.39, 0.29) is 5.92 Å². The van der Waals surface area contributed by atoms with Crippen molar-refractivity contribution in [3.8, 4) is 0 Å². The molecule has 0 aromatic rings. The fourth-order valence-corrected chi connectivity index (χ4v) is 2.11. The highest BCUT2D eigenvalue weighted by molar-refractivity contribution is 5.55. The number of hydrogen-bond acceptors (Lipinski definition) is 1. The van der Waals surface area contributed by atoms with E-state index in [2.05, 4.69) is 6.58 Å². The molecule has 0 aliphatic heterocycles. The minimum Gasteiger partial charge on any atom is -0.303 e. The molecule has 0 N–H and O–H groups in total. The third kappa shape index (κ3) is 2.20. The predicted octanol–water partition coefficient (Wildman–Crippen LogP) is 2.96. The van der Waals surface area contributed by atoms with Crippen molar-refractivity contribution in [3.05, 3.63) is 12.2 Å². The molecule has 1 aliphatic carbocycles. The van der Waals surface area contributed by atoms with Gasteiger partial charge in [0.1, 0.15) is 6.29 Å². The Morgan fingerprint density at radius 1 is 1.33 bits per heavy atom. The van der Waals surface area contributed by atoms with Gasteiger partial charge in [-0.25, -0.2) is 0 Å². The molecular formula is C11H18O. The molecule has 1 saturated carbocycles. The molecule has 1 rings (SSSR count). The van der Waals surface area contributed by atoms with E-state index in [4.69, 9.17) is 0 Å². The number of carbonyl (C=O) groups excluding carboxylic acids is 1. The Kier molecular flexibility index (Phi) is 3.51. The highest BCUT2D eigenvalue weighted by atomic mass is 16.1. The van der Waals surface area contributed by atoms with Crippen molar-refractivity contribution in [2.75, 3.05) is 0 Å². The summed E-state index contributed by atoms with van der Waals surface area (Å²) in [4.78, 5) is 10.8. The number of carbonyl (C=O) groups is 1. The van der Waals surface area contributed by atoms with E-state index in [1.165, 1.54) is 31.3 Å². The third-order valence-corrected chi connectivity index (χ3v) is 2.88. The van der Waals surface area contributed by atoms with Gasteiger partial charge < -0.3 is 4.79 Å². The monoisotopic (exact) mass is 166 g/mol. The first-order valence-corrected chi connectivity index (χ1v) is 4.86. The molecule has 0 spiro atoms. The summed E-state index contributed by atoms with van der Waals surface area (Å²) >= 11 is 0. The standard InChI is InChI=1S/C11H18O/c1-9(2)11-7-5-3-4-6-10(11)8-12/h8,10-11H,1,3-7H2,2H3. The summed E-state index contributed by atoms with van der Waals surface area (Å²) < 4.78 is 0. The Balaban J connectivity index is 2.63. The van der Waals surface area contributed by atoms with Crippen LogP contribution in [0, 0.1) is 11.8 Å². The first kappa shape index (κ1) is 9.50. The van der Waals surface area contributed by atoms with Crippen LogP contribution >= 0.6 is 0 Å². The lowest BCUT2D eigenvalue weighted by atomic mass is 9.84. The first-order valence-electron chi connectivity index (χ1n) is 4.86. The average Bonchev–Trinajstić information content (AvgIpc) is 2.27. The van der Waals surface area contributed by atoms with Crippen molar-refractivity contribution in [3.63, 3.8) is 0 Å². The SMILES string of the molecule is C=C(C)C1CCCCCC1C=O. The molecule has 1 heteroatoms. The predicted molar refractivity (Wildman–Crippen MR) is 50.9 cm³/mol. The lowest BCUT2D eigenvalue weighted by molar-refractivity contribution is -0.112. The summed E-state index contributed by atoms with van der Waals surface area (Å²) in [5.74, 6) is 0.718. The third-order valence-electron chi connectivity index (χ3n) is 2.88. The molecule has 1 fully saturated rings. The molecule has 2 unspecified atom stereocenters. The van der Waals surface area contributed by atoms with Gasteiger partial charge in [0.2, 0.25) is 0 Å². The molecule has 2 atom stereocenters. The molecule has 0 bridgehead atoms. The van der Waals surface area contributed by atoms with E-state index < -0.39 is 0 Å². The molecule has 0 radical (unpaired) electrons. The summed E-state index contributed by atoms with van der Waals surface area (Å²) in [7, 11) is 0. The van der Waals surface area contributed by atoms with Gasteiger partial charge >= 0.3 is 0 Å². The summed E-state index contributed by atoms with van der Waals surface area (Å²) in [6.45, 7) is 6.01. The maximum Gasteiger partial charge on any atom is 0.123 e. The highest BCUT2D eigenvalue weighted by Crippen LogP contribution is 2.31. The second-order valence-electron chi connectivity index (χ2n) is 3.89. The maximum absolute atomic E-state index is 10.8. The first-order chi connectivity index (χ1) is 5.75. The van der Waals surface area contributed by atoms with Gasteiger partial charge in [-0.1, -0.05) is 31.4 Å². The molecule has 0 aromatic carbocycles. The number of aldehydes is 1. The maximum atomic E-state index is 10.8. The Bertz CT molecular complexity index is 172. The molecular weight excluding hydrogens is 148 g/mol. The fourth-order valence-electron chi connectivity index (χ4n) is 2.11. The molecule has 0 saturated heterocycles. The van der Waals surface area contributed by atoms with Gasteiger partial charge in [0.25, 0.3) is 0 Å². The second-order valence-corrected chi connectivity index (χ2v) is 3.89. The fraction of sp³-hybridized carbons (Fsp3) is 0.727. The van der Waals surface area contributed by atoms with Crippen LogP contribution < -0.4 is 0 Å². The smallest absolute Gasteiger partial charge is 0.123 e. The van der Waals surface area contributed by atoms with Gasteiger partial charge in [0.15, 0.2) is 0 Å². The van der Waals surface area contributed by atoms with Crippen LogP contribution in [0.1, 0.15) is 39.0 Å². The summed E-state index contributed by atoms with van der Waals surface area (Å²) in [6, 6.07) is 0. The Morgan fingerprint density at radius 3 is 2.58 bits per heavy atom. The second kappa shape index (κ2) is 4.44. The summed E-state index contributed by atoms with van der Waals surface area (Å²) in [5, 5.41) is 0. The Morgan fingerprint density at radius 2 is 2.00 bits per heavy atom. The number of allylic oxidation sites excluding steroid dienone is 1. The lowest BCUT2D eigenvalue weighted by Gasteiger charge is -2.19. The largest absolute Gasteiger partial charge is 0.303 e. The van der Waals surface area contributed by atoms with Crippen molar-refractivity contribution in [2.24, 2.45) is 11.8 Å². The van der Waals surface area contributed by atoms with Crippen LogP contribution in [0.5, 0.6) is 0 Å². The van der Waals surface area contributed by atoms with Crippen LogP contribution in [-0.4, -0.2) is 6.29 Å². The lowest BCUT2D eigenvalue weighted by Crippen LogP contribution is -2.15. The molecule has 0 amide bonds. The Hall–Kier alpha value is -0.590. The molecule has 1 aliphatic rings. The van der Waals surface area contributed by atoms with E-state index in [1.807, 2.05) is 6.92 Å². The molecule has 68 valence electrons. The van der Waals surface area contributed by atoms with Gasteiger partial charge in [0, 0.05) is 5.92 Å². The minimum atomic E-state index is 0.255. The summed E-state index contributed by atoms with van der Waals surface area (Å²) in [5.41, 5.74) is 1.19. The molecule has 0 heterocycles. The van der Waals surface area contributed by atoms with Crippen molar-refractivity contribution < 1.29 is 4.79 Å². The molecule has 1 nitrogen and oxygen atoms in total. The quantitative estimate of drug-likeness (QED) is 0.350. The average molecular weight is 166 g/mol. The van der Waals surface area contributed by atoms with Crippen LogP contribution in [-0.2, 0) is 4.79 Å². The topological polar surface area (TPSA) is 17.1 Å². The van der Waals surface area contributed by atoms with Gasteiger partial charge in [-0.2, -0.15) is 0 Å². The van der Waals surface area contributed by atoms with E-state index in [0.29, 0.717) is 5.92 Å². The summed E-state index contributed by atoms with van der Waals surface area (Å²) in [6.07, 6.45) is 7.13. The normalized spacial score (nSPS) is 30.8. The number of hydrogen-bond donors (Lipinski definition) is 0. The molecule has 0 aromatic heterocycles. The van der Waals surface area contributed by atoms with Crippen molar-refractivity contribution in [1.82, 2.24) is 0 Å². The van der Waals surface area contributed by atoms with E-state index in [1.54, 1.807) is 0 Å². The van der Waals surface area contributed by atoms with Crippen molar-refractivity contribution in [2.45, 2.75) is 39.0 Å². The van der Waals surface area contributed by atoms with E-state index in [9.17, 15) is 4.79 Å². The van der Waals surface area contributed by atoms with Gasteiger partial charge in [-0.3, -0.25) is 0 Å². The van der Waals surface area contributed by atoms with Gasteiger partial charge in [0.05, 0.1) is 0 Å². The zero-order chi connectivity index (χ0) is 8.97. The minimum absolute atomic E-state index is 0.255. The van der Waals surface area contributed by atoms with Crippen LogP contribution in [0.25, 0.3) is 0 Å². The number of rotatable bonds is 2. The van der Waals surface area contributed by atoms with Crippen molar-refractivity contribution in [1.29, 1.82) is 0 Å². The Labute approximate surface area is 74.9 Å².